The molecule has 0 bridgehead atoms. The second kappa shape index (κ2) is 7.36. The van der Waals surface area contributed by atoms with E-state index < -0.39 is 0 Å². The van der Waals surface area contributed by atoms with Crippen molar-refractivity contribution in [2.75, 3.05) is 6.54 Å². The summed E-state index contributed by atoms with van der Waals surface area (Å²) >= 11 is 0. The van der Waals surface area contributed by atoms with Gasteiger partial charge in [-0.3, -0.25) is 14.7 Å². The molecule has 0 aliphatic carbocycles. The molecule has 146 valence electrons. The molecule has 1 amide bonds. The van der Waals surface area contributed by atoms with E-state index in [1.54, 1.807) is 0 Å². The summed E-state index contributed by atoms with van der Waals surface area (Å²) in [4.78, 5) is 24.6. The van der Waals surface area contributed by atoms with E-state index in [4.69, 9.17) is 4.98 Å². The molecule has 1 atom stereocenters. The Balaban J connectivity index is 1.69. The largest absolute Gasteiger partial charge is 0.346 e. The Bertz CT molecular complexity index is 974. The Labute approximate surface area is 165 Å². The molecule has 0 saturated carbocycles. The van der Waals surface area contributed by atoms with Crippen LogP contribution in [0.1, 0.15) is 61.7 Å². The molecule has 4 rings (SSSR count). The van der Waals surface area contributed by atoms with E-state index in [0.717, 1.165) is 43.0 Å². The normalized spacial score (nSPS) is 17.9. The maximum Gasteiger partial charge on any atom is 0.272 e. The number of amides is 1. The molecule has 0 aromatic carbocycles. The smallest absolute Gasteiger partial charge is 0.272 e. The molecule has 1 aliphatic rings. The maximum atomic E-state index is 12.9. The summed E-state index contributed by atoms with van der Waals surface area (Å²) in [6, 6.07) is 12.1. The molecule has 0 unspecified atom stereocenters. The number of carbonyl (C=O) groups is 1. The fraction of sp³-hybridized carbons (Fsp3) is 0.409. The Morgan fingerprint density at radius 1 is 1.21 bits per heavy atom. The van der Waals surface area contributed by atoms with Gasteiger partial charge in [-0.2, -0.15) is 0 Å². The molecule has 1 saturated heterocycles. The standard InChI is InChI=1S/C22H27N5O/c1-22(2,3)25-21(28)19-17-10-5-7-14-27(17)20(24-19)18-11-8-13-26(18)15-16-9-4-6-12-23-16/h4-7,9-10,12,14,18H,8,11,13,15H2,1-3H3,(H,25,28)/t18-/m1/s1. The van der Waals surface area contributed by atoms with Crippen LogP contribution in [-0.4, -0.2) is 37.3 Å². The number of hydrogen-bond acceptors (Lipinski definition) is 4. The minimum Gasteiger partial charge on any atom is -0.346 e. The molecule has 4 heterocycles. The molecule has 6 nitrogen and oxygen atoms in total. The minimum absolute atomic E-state index is 0.128. The molecule has 0 radical (unpaired) electrons. The van der Waals surface area contributed by atoms with Gasteiger partial charge in [0.25, 0.3) is 5.91 Å². The quantitative estimate of drug-likeness (QED) is 0.755. The lowest BCUT2D eigenvalue weighted by molar-refractivity contribution is 0.0916. The molecule has 1 fully saturated rings. The first-order valence-corrected chi connectivity index (χ1v) is 9.86. The van der Waals surface area contributed by atoms with Crippen LogP contribution in [0.25, 0.3) is 5.52 Å². The Morgan fingerprint density at radius 3 is 2.79 bits per heavy atom. The van der Waals surface area contributed by atoms with Crippen molar-refractivity contribution in [1.29, 1.82) is 0 Å². The van der Waals surface area contributed by atoms with Gasteiger partial charge in [0.1, 0.15) is 5.82 Å². The number of carbonyl (C=O) groups excluding carboxylic acids is 1. The highest BCUT2D eigenvalue weighted by molar-refractivity contribution is 5.99. The summed E-state index contributed by atoms with van der Waals surface area (Å²) in [7, 11) is 0. The second-order valence-corrected chi connectivity index (χ2v) is 8.43. The lowest BCUT2D eigenvalue weighted by Gasteiger charge is -2.23. The summed E-state index contributed by atoms with van der Waals surface area (Å²) in [5, 5.41) is 3.04. The minimum atomic E-state index is -0.305. The fourth-order valence-electron chi connectivity index (χ4n) is 3.87. The monoisotopic (exact) mass is 377 g/mol. The van der Waals surface area contributed by atoms with E-state index in [9.17, 15) is 4.79 Å². The first-order valence-electron chi connectivity index (χ1n) is 9.86. The van der Waals surface area contributed by atoms with Gasteiger partial charge in [0.15, 0.2) is 5.69 Å². The van der Waals surface area contributed by atoms with Gasteiger partial charge in [-0.05, 0) is 64.4 Å². The predicted octanol–water partition coefficient (Wildman–Crippen LogP) is 3.59. The van der Waals surface area contributed by atoms with E-state index >= 15 is 0 Å². The third-order valence-corrected chi connectivity index (χ3v) is 5.03. The molecule has 1 N–H and O–H groups in total. The highest BCUT2D eigenvalue weighted by Gasteiger charge is 2.32. The number of rotatable bonds is 4. The lowest BCUT2D eigenvalue weighted by atomic mass is 10.1. The topological polar surface area (TPSA) is 62.5 Å². The fourth-order valence-corrected chi connectivity index (χ4v) is 3.87. The number of pyridine rings is 2. The zero-order valence-electron chi connectivity index (χ0n) is 16.7. The van der Waals surface area contributed by atoms with Gasteiger partial charge in [0.05, 0.1) is 17.3 Å². The van der Waals surface area contributed by atoms with Crippen molar-refractivity contribution in [2.24, 2.45) is 0 Å². The molecule has 28 heavy (non-hydrogen) atoms. The summed E-state index contributed by atoms with van der Waals surface area (Å²) in [5.41, 5.74) is 2.10. The number of nitrogens with zero attached hydrogens (tertiary/aromatic N) is 4. The number of likely N-dealkylation sites (tertiary alicyclic amines) is 1. The third kappa shape index (κ3) is 3.78. The molecule has 0 spiro atoms. The van der Waals surface area contributed by atoms with Crippen LogP contribution >= 0.6 is 0 Å². The zero-order chi connectivity index (χ0) is 19.7. The van der Waals surface area contributed by atoms with Gasteiger partial charge in [-0.15, -0.1) is 0 Å². The highest BCUT2D eigenvalue weighted by Crippen LogP contribution is 2.33. The molecular weight excluding hydrogens is 350 g/mol. The maximum absolute atomic E-state index is 12.9. The summed E-state index contributed by atoms with van der Waals surface area (Å²) in [6.07, 6.45) is 5.98. The number of aromatic nitrogens is 3. The van der Waals surface area contributed by atoms with Crippen molar-refractivity contribution < 1.29 is 4.79 Å². The SMILES string of the molecule is CC(C)(C)NC(=O)c1nc([C@H]2CCCN2Cc2ccccn2)n2ccccc12. The highest BCUT2D eigenvalue weighted by atomic mass is 16.2. The van der Waals surface area contributed by atoms with Crippen LogP contribution in [-0.2, 0) is 6.54 Å². The third-order valence-electron chi connectivity index (χ3n) is 5.03. The Kier molecular flexibility index (Phi) is 4.89. The van der Waals surface area contributed by atoms with Crippen molar-refractivity contribution in [3.8, 4) is 0 Å². The molecule has 1 aliphatic heterocycles. The summed E-state index contributed by atoms with van der Waals surface area (Å²) < 4.78 is 2.07. The van der Waals surface area contributed by atoms with Crippen molar-refractivity contribution in [3.63, 3.8) is 0 Å². The molecule has 3 aromatic rings. The predicted molar refractivity (Wildman–Crippen MR) is 109 cm³/mol. The van der Waals surface area contributed by atoms with Crippen molar-refractivity contribution in [3.05, 3.63) is 66.0 Å². The van der Waals surface area contributed by atoms with E-state index in [1.165, 1.54) is 0 Å². The summed E-state index contributed by atoms with van der Waals surface area (Å²) in [5.74, 6) is 0.805. The van der Waals surface area contributed by atoms with Crippen LogP contribution in [0.5, 0.6) is 0 Å². The van der Waals surface area contributed by atoms with Gasteiger partial charge in [0, 0.05) is 24.5 Å². The van der Waals surface area contributed by atoms with E-state index in [1.807, 2.05) is 63.5 Å². The van der Waals surface area contributed by atoms with Crippen LogP contribution in [0.3, 0.4) is 0 Å². The van der Waals surface area contributed by atoms with E-state index in [0.29, 0.717) is 5.69 Å². The number of fused-ring (bicyclic) bond motifs is 1. The van der Waals surface area contributed by atoms with Gasteiger partial charge in [0.2, 0.25) is 0 Å². The van der Waals surface area contributed by atoms with Gasteiger partial charge in [-0.25, -0.2) is 4.98 Å². The summed E-state index contributed by atoms with van der Waals surface area (Å²) in [6.45, 7) is 7.74. The molecule has 3 aromatic heterocycles. The Hall–Kier alpha value is -2.73. The van der Waals surface area contributed by atoms with Crippen LogP contribution < -0.4 is 5.32 Å². The first kappa shape index (κ1) is 18.6. The van der Waals surface area contributed by atoms with Gasteiger partial charge in [-0.1, -0.05) is 12.1 Å². The van der Waals surface area contributed by atoms with Crippen molar-refractivity contribution in [1.82, 2.24) is 24.6 Å². The van der Waals surface area contributed by atoms with Crippen molar-refractivity contribution >= 4 is 11.4 Å². The van der Waals surface area contributed by atoms with Crippen LogP contribution in [0.15, 0.2) is 48.8 Å². The number of imidazole rings is 1. The van der Waals surface area contributed by atoms with Gasteiger partial charge < -0.3 is 9.72 Å². The molecule has 6 heteroatoms. The van der Waals surface area contributed by atoms with Crippen LogP contribution in [0.4, 0.5) is 0 Å². The first-order chi connectivity index (χ1) is 13.4. The second-order valence-electron chi connectivity index (χ2n) is 8.43. The van der Waals surface area contributed by atoms with Crippen LogP contribution in [0.2, 0.25) is 0 Å². The number of hydrogen-bond donors (Lipinski definition) is 1. The van der Waals surface area contributed by atoms with E-state index in [-0.39, 0.29) is 17.5 Å². The number of nitrogens with one attached hydrogen (secondary N) is 1. The lowest BCUT2D eigenvalue weighted by Crippen LogP contribution is -2.40. The average Bonchev–Trinajstić information content (AvgIpc) is 3.25. The van der Waals surface area contributed by atoms with Crippen LogP contribution in [0, 0.1) is 0 Å². The van der Waals surface area contributed by atoms with E-state index in [2.05, 4.69) is 25.7 Å². The van der Waals surface area contributed by atoms with Crippen molar-refractivity contribution in [2.45, 2.75) is 51.7 Å². The zero-order valence-corrected chi connectivity index (χ0v) is 16.7. The molecular formula is C22H27N5O. The van der Waals surface area contributed by atoms with Gasteiger partial charge >= 0.3 is 0 Å². The average molecular weight is 377 g/mol. The Morgan fingerprint density at radius 2 is 2.04 bits per heavy atom.